The second-order valence-corrected chi connectivity index (χ2v) is 7.20. The highest BCUT2D eigenvalue weighted by Crippen LogP contribution is 2.17. The van der Waals surface area contributed by atoms with Crippen LogP contribution in [0, 0.1) is 5.92 Å². The molecule has 1 aliphatic rings. The maximum atomic E-state index is 5.95. The van der Waals surface area contributed by atoms with Gasteiger partial charge in [-0.15, -0.1) is 24.0 Å². The number of aliphatic imine (C=N–C) groups is 1. The predicted octanol–water partition coefficient (Wildman–Crippen LogP) is 2.97. The molecule has 3 N–H and O–H groups in total. The van der Waals surface area contributed by atoms with Gasteiger partial charge in [-0.3, -0.25) is 4.90 Å². The summed E-state index contributed by atoms with van der Waals surface area (Å²) in [5.41, 5.74) is 8.51. The van der Waals surface area contributed by atoms with E-state index < -0.39 is 0 Å². The Kier molecular flexibility index (Phi) is 9.74. The normalized spacial score (nSPS) is 21.9. The molecule has 5 nitrogen and oxygen atoms in total. The molecule has 1 heterocycles. The molecule has 2 atom stereocenters. The number of ether oxygens (including phenoxy) is 1. The van der Waals surface area contributed by atoms with Crippen molar-refractivity contribution in [1.29, 1.82) is 0 Å². The van der Waals surface area contributed by atoms with Gasteiger partial charge < -0.3 is 15.8 Å². The van der Waals surface area contributed by atoms with E-state index in [4.69, 9.17) is 10.5 Å². The summed E-state index contributed by atoms with van der Waals surface area (Å²) in [7, 11) is 0. The first kappa shape index (κ1) is 22.2. The molecule has 0 amide bonds. The van der Waals surface area contributed by atoms with Gasteiger partial charge >= 0.3 is 0 Å². The number of hydrogen-bond acceptors (Lipinski definition) is 3. The summed E-state index contributed by atoms with van der Waals surface area (Å²) >= 11 is 0. The molecule has 2 rings (SSSR count). The van der Waals surface area contributed by atoms with Gasteiger partial charge in [0.15, 0.2) is 5.96 Å². The van der Waals surface area contributed by atoms with Crippen LogP contribution in [0.3, 0.4) is 0 Å². The van der Waals surface area contributed by atoms with Gasteiger partial charge in [-0.05, 0) is 30.9 Å². The van der Waals surface area contributed by atoms with Crippen molar-refractivity contribution in [2.75, 3.05) is 19.6 Å². The number of nitrogens with zero attached hydrogens (tertiary/aromatic N) is 2. The van der Waals surface area contributed by atoms with Gasteiger partial charge in [0.2, 0.25) is 0 Å². The molecule has 0 spiro atoms. The van der Waals surface area contributed by atoms with Gasteiger partial charge in [-0.1, -0.05) is 38.1 Å². The Balaban J connectivity index is 0.00000312. The minimum absolute atomic E-state index is 0. The molecule has 0 saturated carbocycles. The smallest absolute Gasteiger partial charge is 0.188 e. The highest BCUT2D eigenvalue weighted by Gasteiger charge is 2.22. The van der Waals surface area contributed by atoms with E-state index in [0.717, 1.165) is 26.2 Å². The number of benzene rings is 1. The van der Waals surface area contributed by atoms with Gasteiger partial charge in [0.1, 0.15) is 0 Å². The Morgan fingerprint density at radius 1 is 1.24 bits per heavy atom. The first-order chi connectivity index (χ1) is 11.4. The quantitative estimate of drug-likeness (QED) is 0.389. The molecule has 1 fully saturated rings. The van der Waals surface area contributed by atoms with Gasteiger partial charge in [-0.25, -0.2) is 4.99 Å². The first-order valence-corrected chi connectivity index (χ1v) is 8.92. The van der Waals surface area contributed by atoms with Crippen LogP contribution in [-0.4, -0.2) is 42.7 Å². The fraction of sp³-hybridized carbons (Fsp3) is 0.632. The largest absolute Gasteiger partial charge is 0.373 e. The Labute approximate surface area is 169 Å². The van der Waals surface area contributed by atoms with Crippen LogP contribution in [0.25, 0.3) is 0 Å². The third-order valence-corrected chi connectivity index (χ3v) is 4.12. The summed E-state index contributed by atoms with van der Waals surface area (Å²) in [6.07, 6.45) is 0.574. The molecule has 1 saturated heterocycles. The summed E-state index contributed by atoms with van der Waals surface area (Å²) < 4.78 is 5.82. The van der Waals surface area contributed by atoms with Crippen LogP contribution in [0.2, 0.25) is 0 Å². The van der Waals surface area contributed by atoms with E-state index in [1.54, 1.807) is 0 Å². The van der Waals surface area contributed by atoms with Gasteiger partial charge in [0.25, 0.3) is 0 Å². The van der Waals surface area contributed by atoms with Crippen LogP contribution in [-0.2, 0) is 17.8 Å². The van der Waals surface area contributed by atoms with Crippen LogP contribution >= 0.6 is 24.0 Å². The topological polar surface area (TPSA) is 62.9 Å². The zero-order valence-electron chi connectivity index (χ0n) is 15.9. The Hall–Kier alpha value is -0.860. The highest BCUT2D eigenvalue weighted by molar-refractivity contribution is 14.0. The van der Waals surface area contributed by atoms with E-state index in [0.29, 0.717) is 18.4 Å². The second-order valence-electron chi connectivity index (χ2n) is 7.20. The average Bonchev–Trinajstić information content (AvgIpc) is 2.51. The first-order valence-electron chi connectivity index (χ1n) is 8.92. The van der Waals surface area contributed by atoms with Crippen molar-refractivity contribution in [2.24, 2.45) is 16.6 Å². The van der Waals surface area contributed by atoms with Crippen LogP contribution < -0.4 is 11.1 Å². The second kappa shape index (κ2) is 11.0. The van der Waals surface area contributed by atoms with Gasteiger partial charge in [-0.2, -0.15) is 0 Å². The Bertz CT molecular complexity index is 540. The number of nitrogens with two attached hydrogens (primary N) is 1. The third-order valence-electron chi connectivity index (χ3n) is 4.12. The lowest BCUT2D eigenvalue weighted by molar-refractivity contribution is -0.0705. The van der Waals surface area contributed by atoms with Gasteiger partial charge in [0, 0.05) is 26.2 Å². The van der Waals surface area contributed by atoms with Crippen LogP contribution in [0.15, 0.2) is 29.3 Å². The van der Waals surface area contributed by atoms with E-state index in [9.17, 15) is 0 Å². The van der Waals surface area contributed by atoms with E-state index in [1.807, 2.05) is 0 Å². The molecular weight excluding hydrogens is 427 g/mol. The van der Waals surface area contributed by atoms with Crippen molar-refractivity contribution in [3.05, 3.63) is 35.4 Å². The minimum Gasteiger partial charge on any atom is -0.373 e. The molecule has 142 valence electrons. The van der Waals surface area contributed by atoms with E-state index in [1.165, 1.54) is 11.1 Å². The number of nitrogens with one attached hydrogen (secondary N) is 1. The molecule has 25 heavy (non-hydrogen) atoms. The third kappa shape index (κ3) is 7.92. The summed E-state index contributed by atoms with van der Waals surface area (Å²) in [5.74, 6) is 1.07. The lowest BCUT2D eigenvalue weighted by Crippen LogP contribution is -2.44. The molecule has 1 aromatic rings. The lowest BCUT2D eigenvalue weighted by atomic mass is 10.1. The molecular formula is C19H33IN4O. The molecule has 0 aliphatic carbocycles. The summed E-state index contributed by atoms with van der Waals surface area (Å²) in [6.45, 7) is 12.9. The summed E-state index contributed by atoms with van der Waals surface area (Å²) in [6, 6.07) is 8.49. The molecule has 1 aromatic carbocycles. The van der Waals surface area contributed by atoms with Crippen LogP contribution in [0.1, 0.15) is 38.8 Å². The molecule has 6 heteroatoms. The highest BCUT2D eigenvalue weighted by atomic mass is 127. The standard InChI is InChI=1S/C19H32N4O.HI/c1-14(2)9-21-19(20)22-10-17-7-5-6-8-18(17)13-23-11-15(3)24-16(4)12-23;/h5-8,14-16H,9-13H2,1-4H3,(H3,20,21,22);1H. The predicted molar refractivity (Wildman–Crippen MR) is 115 cm³/mol. The van der Waals surface area contributed by atoms with E-state index in [2.05, 4.69) is 67.2 Å². The number of guanidine groups is 1. The van der Waals surface area contributed by atoms with Crippen LogP contribution in [0.4, 0.5) is 0 Å². The van der Waals surface area contributed by atoms with Crippen molar-refractivity contribution < 1.29 is 4.74 Å². The fourth-order valence-corrected chi connectivity index (χ4v) is 3.06. The fourth-order valence-electron chi connectivity index (χ4n) is 3.06. The zero-order chi connectivity index (χ0) is 17.5. The molecule has 0 radical (unpaired) electrons. The summed E-state index contributed by atoms with van der Waals surface area (Å²) in [5, 5.41) is 3.17. The molecule has 2 unspecified atom stereocenters. The van der Waals surface area contributed by atoms with Crippen molar-refractivity contribution in [2.45, 2.75) is 53.0 Å². The van der Waals surface area contributed by atoms with E-state index in [-0.39, 0.29) is 36.2 Å². The number of hydrogen-bond donors (Lipinski definition) is 2. The molecule has 0 bridgehead atoms. The van der Waals surface area contributed by atoms with Crippen LogP contribution in [0.5, 0.6) is 0 Å². The number of morpholine rings is 1. The Morgan fingerprint density at radius 3 is 2.44 bits per heavy atom. The molecule has 1 aliphatic heterocycles. The van der Waals surface area contributed by atoms with Crippen molar-refractivity contribution in [3.8, 4) is 0 Å². The molecule has 0 aromatic heterocycles. The lowest BCUT2D eigenvalue weighted by Gasteiger charge is -2.35. The minimum atomic E-state index is 0. The SMILES string of the molecule is CC(C)CNC(N)=NCc1ccccc1CN1CC(C)OC(C)C1.I. The van der Waals surface area contributed by atoms with Crippen molar-refractivity contribution in [1.82, 2.24) is 10.2 Å². The number of rotatable bonds is 6. The maximum absolute atomic E-state index is 5.95. The van der Waals surface area contributed by atoms with Gasteiger partial charge in [0.05, 0.1) is 18.8 Å². The van der Waals surface area contributed by atoms with Crippen molar-refractivity contribution >= 4 is 29.9 Å². The van der Waals surface area contributed by atoms with E-state index >= 15 is 0 Å². The van der Waals surface area contributed by atoms with Crippen molar-refractivity contribution in [3.63, 3.8) is 0 Å². The Morgan fingerprint density at radius 2 is 1.84 bits per heavy atom. The average molecular weight is 460 g/mol. The monoisotopic (exact) mass is 460 g/mol. The maximum Gasteiger partial charge on any atom is 0.188 e. The zero-order valence-corrected chi connectivity index (χ0v) is 18.2. The summed E-state index contributed by atoms with van der Waals surface area (Å²) in [4.78, 5) is 6.95. The number of halogens is 1.